The van der Waals surface area contributed by atoms with Gasteiger partial charge in [0, 0.05) is 18.1 Å². The second-order valence-electron chi connectivity index (χ2n) is 3.82. The molecule has 0 saturated heterocycles. The number of aliphatic carboxylic acids is 1. The Labute approximate surface area is 123 Å². The molecule has 7 heteroatoms. The van der Waals surface area contributed by atoms with Gasteiger partial charge in [0.05, 0.1) is 11.3 Å². The van der Waals surface area contributed by atoms with Gasteiger partial charge in [-0.1, -0.05) is 15.9 Å². The van der Waals surface area contributed by atoms with E-state index >= 15 is 0 Å². The van der Waals surface area contributed by atoms with Crippen LogP contribution in [0.5, 0.6) is 5.75 Å². The van der Waals surface area contributed by atoms with Crippen molar-refractivity contribution in [3.8, 4) is 5.75 Å². The van der Waals surface area contributed by atoms with Gasteiger partial charge in [-0.2, -0.15) is 0 Å². The number of esters is 1. The van der Waals surface area contributed by atoms with Crippen molar-refractivity contribution in [2.75, 3.05) is 11.9 Å². The van der Waals surface area contributed by atoms with Gasteiger partial charge in [-0.25, -0.2) is 0 Å². The fourth-order valence-corrected chi connectivity index (χ4v) is 1.72. The van der Waals surface area contributed by atoms with Crippen molar-refractivity contribution < 1.29 is 29.0 Å². The lowest BCUT2D eigenvalue weighted by Crippen LogP contribution is -2.29. The molecule has 0 N–H and O–H groups in total. The Kier molecular flexibility index (Phi) is 6.17. The van der Waals surface area contributed by atoms with Crippen molar-refractivity contribution in [3.63, 3.8) is 0 Å². The maximum Gasteiger partial charge on any atom is 0.302 e. The van der Waals surface area contributed by atoms with Crippen LogP contribution in [0.3, 0.4) is 0 Å². The number of ether oxygens (including phenoxy) is 2. The molecule has 0 atom stereocenters. The topological polar surface area (TPSA) is 92.7 Å². The van der Waals surface area contributed by atoms with Gasteiger partial charge in [-0.3, -0.25) is 9.59 Å². The molecular formula is C13H12BrO6-. The summed E-state index contributed by atoms with van der Waals surface area (Å²) in [4.78, 5) is 32.8. The Morgan fingerprint density at radius 1 is 1.30 bits per heavy atom. The number of rotatable bonds is 7. The summed E-state index contributed by atoms with van der Waals surface area (Å²) in [7, 11) is 0. The average Bonchev–Trinajstić information content (AvgIpc) is 2.42. The highest BCUT2D eigenvalue weighted by Gasteiger charge is 2.11. The van der Waals surface area contributed by atoms with Gasteiger partial charge in [0.25, 0.3) is 0 Å². The SMILES string of the molecule is CC(=O)OCc1cc(C(=O)CBr)ccc1OCC(=O)[O-]. The summed E-state index contributed by atoms with van der Waals surface area (Å²) < 4.78 is 9.86. The second kappa shape index (κ2) is 7.64. The third-order valence-electron chi connectivity index (χ3n) is 2.28. The Bertz CT molecular complexity index is 526. The minimum absolute atomic E-state index is 0.110. The Balaban J connectivity index is 2.98. The summed E-state index contributed by atoms with van der Waals surface area (Å²) >= 11 is 3.05. The third kappa shape index (κ3) is 5.00. The van der Waals surface area contributed by atoms with Gasteiger partial charge in [0.2, 0.25) is 0 Å². The predicted octanol–water partition coefficient (Wildman–Crippen LogP) is 0.456. The van der Waals surface area contributed by atoms with E-state index in [0.29, 0.717) is 11.1 Å². The maximum absolute atomic E-state index is 11.6. The molecule has 1 rings (SSSR count). The highest BCUT2D eigenvalue weighted by molar-refractivity contribution is 9.09. The molecule has 1 aromatic rings. The lowest BCUT2D eigenvalue weighted by molar-refractivity contribution is -0.307. The minimum Gasteiger partial charge on any atom is -0.546 e. The van der Waals surface area contributed by atoms with Gasteiger partial charge in [0.15, 0.2) is 5.78 Å². The highest BCUT2D eigenvalue weighted by atomic mass is 79.9. The number of alkyl halides is 1. The van der Waals surface area contributed by atoms with Crippen LogP contribution in [-0.4, -0.2) is 29.7 Å². The van der Waals surface area contributed by atoms with Crippen LogP contribution in [0.1, 0.15) is 22.8 Å². The zero-order valence-corrected chi connectivity index (χ0v) is 12.3. The number of carbonyl (C=O) groups is 3. The summed E-state index contributed by atoms with van der Waals surface area (Å²) in [6, 6.07) is 4.46. The Morgan fingerprint density at radius 2 is 2.00 bits per heavy atom. The van der Waals surface area contributed by atoms with E-state index in [9.17, 15) is 19.5 Å². The third-order valence-corrected chi connectivity index (χ3v) is 2.79. The van der Waals surface area contributed by atoms with Crippen molar-refractivity contribution in [3.05, 3.63) is 29.3 Å². The van der Waals surface area contributed by atoms with Crippen LogP contribution in [0.15, 0.2) is 18.2 Å². The number of benzene rings is 1. The standard InChI is InChI=1S/C13H13BrO6/c1-8(15)19-6-10-4-9(11(16)5-14)2-3-12(10)20-7-13(17)18/h2-4H,5-7H2,1H3,(H,17,18)/p-1. The van der Waals surface area contributed by atoms with E-state index in [1.54, 1.807) is 0 Å². The first kappa shape index (κ1) is 16.2. The molecule has 108 valence electrons. The number of hydrogen-bond donors (Lipinski definition) is 0. The fraction of sp³-hybridized carbons (Fsp3) is 0.308. The summed E-state index contributed by atoms with van der Waals surface area (Å²) in [5.74, 6) is -1.79. The largest absolute Gasteiger partial charge is 0.546 e. The van der Waals surface area contributed by atoms with Crippen molar-refractivity contribution in [2.24, 2.45) is 0 Å². The monoisotopic (exact) mass is 343 g/mol. The summed E-state index contributed by atoms with van der Waals surface area (Å²) in [5, 5.41) is 10.5. The van der Waals surface area contributed by atoms with E-state index < -0.39 is 18.5 Å². The molecule has 0 saturated carbocycles. The minimum atomic E-state index is -1.37. The number of ketones is 1. The quantitative estimate of drug-likeness (QED) is 0.405. The molecule has 20 heavy (non-hydrogen) atoms. The highest BCUT2D eigenvalue weighted by Crippen LogP contribution is 2.22. The maximum atomic E-state index is 11.6. The predicted molar refractivity (Wildman–Crippen MR) is 70.5 cm³/mol. The molecular weight excluding hydrogens is 332 g/mol. The van der Waals surface area contributed by atoms with Crippen LogP contribution in [0.4, 0.5) is 0 Å². The van der Waals surface area contributed by atoms with Gasteiger partial charge in [-0.05, 0) is 18.2 Å². The van der Waals surface area contributed by atoms with Gasteiger partial charge < -0.3 is 19.4 Å². The number of halogens is 1. The van der Waals surface area contributed by atoms with Crippen LogP contribution < -0.4 is 9.84 Å². The molecule has 0 amide bonds. The van der Waals surface area contributed by atoms with E-state index in [1.165, 1.54) is 25.1 Å². The van der Waals surface area contributed by atoms with Crippen molar-refractivity contribution in [1.82, 2.24) is 0 Å². The molecule has 0 aliphatic carbocycles. The summed E-state index contributed by atoms with van der Waals surface area (Å²) in [6.45, 7) is 0.509. The molecule has 0 aromatic heterocycles. The van der Waals surface area contributed by atoms with Crippen molar-refractivity contribution >= 4 is 33.7 Å². The molecule has 0 spiro atoms. The molecule has 6 nitrogen and oxygen atoms in total. The number of carbonyl (C=O) groups excluding carboxylic acids is 3. The first-order valence-electron chi connectivity index (χ1n) is 5.62. The van der Waals surface area contributed by atoms with Crippen LogP contribution in [-0.2, 0) is 20.9 Å². The van der Waals surface area contributed by atoms with Crippen LogP contribution >= 0.6 is 15.9 Å². The number of hydrogen-bond acceptors (Lipinski definition) is 6. The summed E-state index contributed by atoms with van der Waals surface area (Å²) in [6.07, 6.45) is 0. The molecule has 0 bridgehead atoms. The lowest BCUT2D eigenvalue weighted by atomic mass is 10.1. The lowest BCUT2D eigenvalue weighted by Gasteiger charge is -2.13. The van der Waals surface area contributed by atoms with Gasteiger partial charge in [-0.15, -0.1) is 0 Å². The normalized spacial score (nSPS) is 9.90. The number of Topliss-reactive ketones (excluding diaryl/α,β-unsaturated/α-hetero) is 1. The van der Waals surface area contributed by atoms with Crippen molar-refractivity contribution in [1.29, 1.82) is 0 Å². The molecule has 0 heterocycles. The van der Waals surface area contributed by atoms with E-state index in [1.807, 2.05) is 0 Å². The zero-order valence-electron chi connectivity index (χ0n) is 10.7. The number of carboxylic acid groups (broad SMARTS) is 1. The molecule has 0 radical (unpaired) electrons. The van der Waals surface area contributed by atoms with Gasteiger partial charge >= 0.3 is 5.97 Å². The van der Waals surface area contributed by atoms with Crippen LogP contribution in [0.25, 0.3) is 0 Å². The van der Waals surface area contributed by atoms with E-state index in [-0.39, 0.29) is 23.5 Å². The Morgan fingerprint density at radius 3 is 2.55 bits per heavy atom. The van der Waals surface area contributed by atoms with Crippen molar-refractivity contribution in [2.45, 2.75) is 13.5 Å². The smallest absolute Gasteiger partial charge is 0.302 e. The fourth-order valence-electron chi connectivity index (χ4n) is 1.40. The van der Waals surface area contributed by atoms with E-state index in [4.69, 9.17) is 9.47 Å². The molecule has 0 aliphatic rings. The first-order chi connectivity index (χ1) is 9.43. The number of carboxylic acids is 1. The van der Waals surface area contributed by atoms with E-state index in [0.717, 1.165) is 0 Å². The zero-order chi connectivity index (χ0) is 15.1. The molecule has 1 aromatic carbocycles. The van der Waals surface area contributed by atoms with E-state index in [2.05, 4.69) is 15.9 Å². The first-order valence-corrected chi connectivity index (χ1v) is 6.74. The molecule has 0 unspecified atom stereocenters. The van der Waals surface area contributed by atoms with Crippen LogP contribution in [0.2, 0.25) is 0 Å². The second-order valence-corrected chi connectivity index (χ2v) is 4.38. The molecule has 0 aliphatic heterocycles. The Hall–Kier alpha value is -1.89. The summed E-state index contributed by atoms with van der Waals surface area (Å²) in [5.41, 5.74) is 0.818. The molecule has 0 fully saturated rings. The van der Waals surface area contributed by atoms with Gasteiger partial charge in [0.1, 0.15) is 19.0 Å². The van der Waals surface area contributed by atoms with Crippen LogP contribution in [0, 0.1) is 0 Å². The average molecular weight is 344 g/mol.